The molecule has 3 amide bonds. The Balaban J connectivity index is 2.11. The Hall–Kier alpha value is -2.25. The maximum atomic E-state index is 12.5. The van der Waals surface area contributed by atoms with Gasteiger partial charge in [0.1, 0.15) is 0 Å². The molecular formula is C17H22N2O5. The molecule has 1 aromatic carbocycles. The van der Waals surface area contributed by atoms with Gasteiger partial charge < -0.3 is 15.2 Å². The SMILES string of the molecule is CC(C)(C)N1C(=O)c2ccc(C(=O)NCCOCCO)cc2C1=O. The van der Waals surface area contributed by atoms with Gasteiger partial charge in [-0.2, -0.15) is 0 Å². The smallest absolute Gasteiger partial charge is 0.262 e. The minimum atomic E-state index is -0.625. The second kappa shape index (κ2) is 7.11. The Bertz CT molecular complexity index is 663. The lowest BCUT2D eigenvalue weighted by Crippen LogP contribution is -2.45. The van der Waals surface area contributed by atoms with Gasteiger partial charge in [-0.1, -0.05) is 0 Å². The van der Waals surface area contributed by atoms with E-state index in [2.05, 4.69) is 5.32 Å². The number of aliphatic hydroxyl groups excluding tert-OH is 1. The Morgan fingerprint density at radius 2 is 1.83 bits per heavy atom. The van der Waals surface area contributed by atoms with Gasteiger partial charge >= 0.3 is 0 Å². The Morgan fingerprint density at radius 1 is 1.17 bits per heavy atom. The van der Waals surface area contributed by atoms with Crippen LogP contribution in [0.5, 0.6) is 0 Å². The molecule has 1 aliphatic rings. The van der Waals surface area contributed by atoms with Crippen LogP contribution in [0.1, 0.15) is 51.8 Å². The van der Waals surface area contributed by atoms with Crippen LogP contribution in [0.2, 0.25) is 0 Å². The molecule has 24 heavy (non-hydrogen) atoms. The number of fused-ring (bicyclic) bond motifs is 1. The summed E-state index contributed by atoms with van der Waals surface area (Å²) in [5.74, 6) is -1.07. The average molecular weight is 334 g/mol. The van der Waals surface area contributed by atoms with Gasteiger partial charge in [-0.05, 0) is 39.0 Å². The number of carbonyl (C=O) groups excluding carboxylic acids is 3. The molecular weight excluding hydrogens is 312 g/mol. The number of ether oxygens (including phenoxy) is 1. The minimum Gasteiger partial charge on any atom is -0.394 e. The highest BCUT2D eigenvalue weighted by atomic mass is 16.5. The van der Waals surface area contributed by atoms with Crippen molar-refractivity contribution in [1.29, 1.82) is 0 Å². The second-order valence-electron chi connectivity index (χ2n) is 6.47. The Kier molecular flexibility index (Phi) is 5.36. The molecule has 0 saturated heterocycles. The summed E-state index contributed by atoms with van der Waals surface area (Å²) < 4.78 is 5.06. The van der Waals surface area contributed by atoms with Crippen LogP contribution in [0.3, 0.4) is 0 Å². The van der Waals surface area contributed by atoms with E-state index < -0.39 is 5.54 Å². The van der Waals surface area contributed by atoms with Crippen molar-refractivity contribution in [3.63, 3.8) is 0 Å². The third-order valence-electron chi connectivity index (χ3n) is 3.59. The van der Waals surface area contributed by atoms with Gasteiger partial charge in [0.15, 0.2) is 0 Å². The molecule has 1 heterocycles. The van der Waals surface area contributed by atoms with Crippen LogP contribution in [0.4, 0.5) is 0 Å². The van der Waals surface area contributed by atoms with Gasteiger partial charge in [-0.3, -0.25) is 19.3 Å². The zero-order chi connectivity index (χ0) is 17.9. The number of hydrogen-bond donors (Lipinski definition) is 2. The normalized spacial score (nSPS) is 14.1. The summed E-state index contributed by atoms with van der Waals surface area (Å²) >= 11 is 0. The Labute approximate surface area is 140 Å². The molecule has 0 aliphatic carbocycles. The van der Waals surface area contributed by atoms with Crippen LogP contribution in [0, 0.1) is 0 Å². The number of nitrogens with one attached hydrogen (secondary N) is 1. The fourth-order valence-corrected chi connectivity index (χ4v) is 2.50. The molecule has 7 heteroatoms. The fourth-order valence-electron chi connectivity index (χ4n) is 2.50. The van der Waals surface area contributed by atoms with Gasteiger partial charge in [0, 0.05) is 17.6 Å². The van der Waals surface area contributed by atoms with Crippen molar-refractivity contribution < 1.29 is 24.2 Å². The number of nitrogens with zero attached hydrogens (tertiary/aromatic N) is 1. The average Bonchev–Trinajstić information content (AvgIpc) is 2.77. The predicted molar refractivity (Wildman–Crippen MR) is 86.9 cm³/mol. The number of hydrogen-bond acceptors (Lipinski definition) is 5. The molecule has 0 unspecified atom stereocenters. The van der Waals surface area contributed by atoms with Crippen molar-refractivity contribution in [2.45, 2.75) is 26.3 Å². The molecule has 0 fully saturated rings. The molecule has 2 N–H and O–H groups in total. The summed E-state index contributed by atoms with van der Waals surface area (Å²) in [6.07, 6.45) is 0. The van der Waals surface area contributed by atoms with Gasteiger partial charge in [-0.25, -0.2) is 0 Å². The molecule has 0 radical (unpaired) electrons. The molecule has 7 nitrogen and oxygen atoms in total. The van der Waals surface area contributed by atoms with Crippen molar-refractivity contribution in [2.24, 2.45) is 0 Å². The zero-order valence-electron chi connectivity index (χ0n) is 14.1. The standard InChI is InChI=1S/C17H22N2O5/c1-17(2,3)19-15(22)12-5-4-11(10-13(12)16(19)23)14(21)18-6-8-24-9-7-20/h4-5,10,20H,6-9H2,1-3H3,(H,18,21). The summed E-state index contributed by atoms with van der Waals surface area (Å²) in [5, 5.41) is 11.3. The largest absolute Gasteiger partial charge is 0.394 e. The lowest BCUT2D eigenvalue weighted by molar-refractivity contribution is 0.0507. The highest BCUT2D eigenvalue weighted by Gasteiger charge is 2.42. The first-order chi connectivity index (χ1) is 11.3. The number of aliphatic hydroxyl groups is 1. The third kappa shape index (κ3) is 3.63. The van der Waals surface area contributed by atoms with Crippen molar-refractivity contribution in [3.8, 4) is 0 Å². The molecule has 130 valence electrons. The van der Waals surface area contributed by atoms with E-state index in [1.807, 2.05) is 0 Å². The lowest BCUT2D eigenvalue weighted by Gasteiger charge is -2.29. The second-order valence-corrected chi connectivity index (χ2v) is 6.47. The lowest BCUT2D eigenvalue weighted by atomic mass is 10.1. The van der Waals surface area contributed by atoms with Gasteiger partial charge in [0.25, 0.3) is 17.7 Å². The maximum Gasteiger partial charge on any atom is 0.262 e. The fraction of sp³-hybridized carbons (Fsp3) is 0.471. The van der Waals surface area contributed by atoms with Crippen molar-refractivity contribution >= 4 is 17.7 Å². The van der Waals surface area contributed by atoms with Gasteiger partial charge in [0.2, 0.25) is 0 Å². The highest BCUT2D eigenvalue weighted by Crippen LogP contribution is 2.29. The number of benzene rings is 1. The summed E-state index contributed by atoms with van der Waals surface area (Å²) in [7, 11) is 0. The quantitative estimate of drug-likeness (QED) is 0.593. The predicted octanol–water partition coefficient (Wildman–Crippen LogP) is 0.820. The Morgan fingerprint density at radius 3 is 2.46 bits per heavy atom. The van der Waals surface area contributed by atoms with E-state index in [0.717, 1.165) is 0 Å². The van der Waals surface area contributed by atoms with E-state index >= 15 is 0 Å². The van der Waals surface area contributed by atoms with Crippen LogP contribution in [-0.2, 0) is 4.74 Å². The molecule has 1 aromatic rings. The molecule has 0 atom stereocenters. The van der Waals surface area contributed by atoms with E-state index in [-0.39, 0.29) is 49.7 Å². The molecule has 0 bridgehead atoms. The summed E-state index contributed by atoms with van der Waals surface area (Å²) in [6, 6.07) is 4.49. The molecule has 1 aliphatic heterocycles. The number of carbonyl (C=O) groups is 3. The van der Waals surface area contributed by atoms with E-state index in [1.165, 1.54) is 23.1 Å². The summed E-state index contributed by atoms with van der Waals surface area (Å²) in [4.78, 5) is 38.2. The highest BCUT2D eigenvalue weighted by molar-refractivity contribution is 6.22. The van der Waals surface area contributed by atoms with Crippen LogP contribution in [0.15, 0.2) is 18.2 Å². The molecule has 2 rings (SSSR count). The van der Waals surface area contributed by atoms with E-state index in [0.29, 0.717) is 11.1 Å². The number of rotatable bonds is 6. The molecule has 0 saturated carbocycles. The summed E-state index contributed by atoms with van der Waals surface area (Å²) in [6.45, 7) is 6.08. The zero-order valence-corrected chi connectivity index (χ0v) is 14.1. The van der Waals surface area contributed by atoms with Crippen LogP contribution >= 0.6 is 0 Å². The topological polar surface area (TPSA) is 95.9 Å². The molecule has 0 spiro atoms. The van der Waals surface area contributed by atoms with Crippen LogP contribution in [-0.4, -0.2) is 59.6 Å². The number of amides is 3. The van der Waals surface area contributed by atoms with E-state index in [1.54, 1.807) is 20.8 Å². The van der Waals surface area contributed by atoms with Crippen LogP contribution in [0.25, 0.3) is 0 Å². The first-order valence-electron chi connectivity index (χ1n) is 7.77. The van der Waals surface area contributed by atoms with E-state index in [9.17, 15) is 14.4 Å². The van der Waals surface area contributed by atoms with Crippen molar-refractivity contribution in [3.05, 3.63) is 34.9 Å². The molecule has 0 aromatic heterocycles. The van der Waals surface area contributed by atoms with Crippen molar-refractivity contribution in [1.82, 2.24) is 10.2 Å². The van der Waals surface area contributed by atoms with Crippen molar-refractivity contribution in [2.75, 3.05) is 26.4 Å². The van der Waals surface area contributed by atoms with Gasteiger partial charge in [0.05, 0.1) is 30.9 Å². The minimum absolute atomic E-state index is 0.0703. The van der Waals surface area contributed by atoms with Crippen LogP contribution < -0.4 is 5.32 Å². The monoisotopic (exact) mass is 334 g/mol. The first kappa shape index (κ1) is 18.1. The maximum absolute atomic E-state index is 12.5. The number of imide groups is 1. The first-order valence-corrected chi connectivity index (χ1v) is 7.77. The van der Waals surface area contributed by atoms with Gasteiger partial charge in [-0.15, -0.1) is 0 Å². The third-order valence-corrected chi connectivity index (χ3v) is 3.59. The summed E-state index contributed by atoms with van der Waals surface area (Å²) in [5.41, 5.74) is 0.254. The van der Waals surface area contributed by atoms with E-state index in [4.69, 9.17) is 9.84 Å².